The number of Topliss-reactive ketones (excluding diaryl/α,β-unsaturated/α-hetero) is 1. The Morgan fingerprint density at radius 3 is 2.89 bits per heavy atom. The molecule has 5 heteroatoms. The van der Waals surface area contributed by atoms with Gasteiger partial charge in [-0.15, -0.1) is 0 Å². The number of amides is 1. The Morgan fingerprint density at radius 1 is 1.42 bits per heavy atom. The fourth-order valence-corrected chi connectivity index (χ4v) is 2.51. The van der Waals surface area contributed by atoms with E-state index < -0.39 is 5.54 Å². The maximum absolute atomic E-state index is 12.5. The lowest BCUT2D eigenvalue weighted by Gasteiger charge is -2.30. The van der Waals surface area contributed by atoms with Crippen LogP contribution in [0.3, 0.4) is 0 Å². The van der Waals surface area contributed by atoms with Crippen molar-refractivity contribution >= 4 is 22.8 Å². The summed E-state index contributed by atoms with van der Waals surface area (Å²) < 4.78 is 5.20. The van der Waals surface area contributed by atoms with E-state index in [9.17, 15) is 9.59 Å². The summed E-state index contributed by atoms with van der Waals surface area (Å²) in [4.78, 5) is 29.7. The number of carbonyl (C=O) groups excluding carboxylic acids is 2. The minimum Gasteiger partial charge on any atom is -0.443 e. The first kappa shape index (κ1) is 11.9. The predicted molar refractivity (Wildman–Crippen MR) is 68.7 cm³/mol. The number of likely N-dealkylation sites (tertiary alicyclic amines) is 1. The summed E-state index contributed by atoms with van der Waals surface area (Å²) in [5.41, 5.74) is 1.39. The second-order valence-corrected chi connectivity index (χ2v) is 5.45. The molecule has 0 saturated carbocycles. The molecule has 0 aliphatic carbocycles. The van der Waals surface area contributed by atoms with E-state index in [1.807, 2.05) is 13.8 Å². The predicted octanol–water partition coefficient (Wildman–Crippen LogP) is 2.02. The first-order chi connectivity index (χ1) is 8.97. The van der Waals surface area contributed by atoms with Crippen LogP contribution in [0.5, 0.6) is 0 Å². The summed E-state index contributed by atoms with van der Waals surface area (Å²) in [7, 11) is 0. The molecule has 0 unspecified atom stereocenters. The van der Waals surface area contributed by atoms with Crippen LogP contribution >= 0.6 is 0 Å². The molecular formula is C14H14N2O3. The van der Waals surface area contributed by atoms with Gasteiger partial charge < -0.3 is 9.32 Å². The normalized spacial score (nSPS) is 18.2. The Hall–Kier alpha value is -2.17. The summed E-state index contributed by atoms with van der Waals surface area (Å²) >= 11 is 0. The zero-order valence-electron chi connectivity index (χ0n) is 10.8. The average molecular weight is 258 g/mol. The Morgan fingerprint density at radius 2 is 2.21 bits per heavy atom. The van der Waals surface area contributed by atoms with E-state index in [2.05, 4.69) is 4.98 Å². The summed E-state index contributed by atoms with van der Waals surface area (Å²) in [6.07, 6.45) is 1.76. The lowest BCUT2D eigenvalue weighted by Crippen LogP contribution is -2.42. The van der Waals surface area contributed by atoms with E-state index >= 15 is 0 Å². The summed E-state index contributed by atoms with van der Waals surface area (Å²) in [5, 5.41) is 0. The monoisotopic (exact) mass is 258 g/mol. The van der Waals surface area contributed by atoms with Crippen LogP contribution in [0.4, 0.5) is 0 Å². The highest BCUT2D eigenvalue weighted by atomic mass is 16.3. The van der Waals surface area contributed by atoms with E-state index in [1.54, 1.807) is 23.1 Å². The molecular weight excluding hydrogens is 244 g/mol. The van der Waals surface area contributed by atoms with Gasteiger partial charge in [0.2, 0.25) is 0 Å². The van der Waals surface area contributed by atoms with Gasteiger partial charge in [0.05, 0.1) is 6.54 Å². The fourth-order valence-electron chi connectivity index (χ4n) is 2.51. The molecule has 1 aliphatic heterocycles. The number of rotatable bonds is 1. The minimum atomic E-state index is -0.426. The number of benzene rings is 1. The molecule has 2 heterocycles. The van der Waals surface area contributed by atoms with Gasteiger partial charge in [-0.25, -0.2) is 4.98 Å². The Balaban J connectivity index is 1.97. The van der Waals surface area contributed by atoms with Crippen molar-refractivity contribution < 1.29 is 14.0 Å². The fraction of sp³-hybridized carbons (Fsp3) is 0.357. The second kappa shape index (κ2) is 3.91. The van der Waals surface area contributed by atoms with Crippen LogP contribution in [-0.4, -0.2) is 33.7 Å². The number of ketones is 1. The summed E-state index contributed by atoms with van der Waals surface area (Å²) in [6.45, 7) is 3.99. The molecule has 19 heavy (non-hydrogen) atoms. The lowest BCUT2D eigenvalue weighted by atomic mass is 10.0. The first-order valence-corrected chi connectivity index (χ1v) is 6.14. The van der Waals surface area contributed by atoms with Gasteiger partial charge in [-0.05, 0) is 32.0 Å². The number of oxazole rings is 1. The zero-order chi connectivity index (χ0) is 13.6. The number of nitrogens with zero attached hydrogens (tertiary/aromatic N) is 2. The van der Waals surface area contributed by atoms with E-state index in [4.69, 9.17) is 4.42 Å². The second-order valence-electron chi connectivity index (χ2n) is 5.45. The molecule has 0 atom stereocenters. The van der Waals surface area contributed by atoms with Gasteiger partial charge in [0.1, 0.15) is 5.52 Å². The Kier molecular flexibility index (Phi) is 2.45. The van der Waals surface area contributed by atoms with Gasteiger partial charge in [-0.2, -0.15) is 0 Å². The molecule has 1 aromatic heterocycles. The molecule has 1 saturated heterocycles. The molecule has 5 nitrogen and oxygen atoms in total. The van der Waals surface area contributed by atoms with Gasteiger partial charge in [0.15, 0.2) is 17.8 Å². The minimum absolute atomic E-state index is 0.0964. The van der Waals surface area contributed by atoms with Crippen molar-refractivity contribution in [1.82, 2.24) is 9.88 Å². The number of carbonyl (C=O) groups is 2. The van der Waals surface area contributed by atoms with Crippen LogP contribution < -0.4 is 0 Å². The molecule has 1 fully saturated rings. The molecule has 1 aromatic carbocycles. The highest BCUT2D eigenvalue weighted by Gasteiger charge is 2.40. The van der Waals surface area contributed by atoms with Crippen LogP contribution in [0, 0.1) is 0 Å². The van der Waals surface area contributed by atoms with Crippen molar-refractivity contribution in [1.29, 1.82) is 0 Å². The average Bonchev–Trinajstić information content (AvgIpc) is 2.90. The van der Waals surface area contributed by atoms with Crippen molar-refractivity contribution in [3.63, 3.8) is 0 Å². The van der Waals surface area contributed by atoms with Gasteiger partial charge in [-0.3, -0.25) is 9.59 Å². The maximum atomic E-state index is 12.5. The standard InChI is InChI=1S/C14H14N2O3/c1-14(2)6-10(17)7-16(14)13(18)9-3-4-11-12(5-9)19-8-15-11/h3-5,8H,6-7H2,1-2H3. The van der Waals surface area contributed by atoms with Gasteiger partial charge in [0.25, 0.3) is 5.91 Å². The van der Waals surface area contributed by atoms with Crippen LogP contribution in [0.2, 0.25) is 0 Å². The highest BCUT2D eigenvalue weighted by molar-refractivity contribution is 6.01. The van der Waals surface area contributed by atoms with Crippen molar-refractivity contribution in [2.24, 2.45) is 0 Å². The molecule has 1 amide bonds. The third kappa shape index (κ3) is 1.91. The van der Waals surface area contributed by atoms with Crippen LogP contribution in [0.15, 0.2) is 29.0 Å². The van der Waals surface area contributed by atoms with Crippen LogP contribution in [-0.2, 0) is 4.79 Å². The highest BCUT2D eigenvalue weighted by Crippen LogP contribution is 2.28. The van der Waals surface area contributed by atoms with E-state index in [0.717, 1.165) is 0 Å². The van der Waals surface area contributed by atoms with Gasteiger partial charge in [0, 0.05) is 17.5 Å². The first-order valence-electron chi connectivity index (χ1n) is 6.14. The van der Waals surface area contributed by atoms with Crippen LogP contribution in [0.25, 0.3) is 11.1 Å². The van der Waals surface area contributed by atoms with Crippen molar-refractivity contribution in [3.8, 4) is 0 Å². The van der Waals surface area contributed by atoms with Gasteiger partial charge in [-0.1, -0.05) is 0 Å². The number of aromatic nitrogens is 1. The molecule has 2 aromatic rings. The van der Waals surface area contributed by atoms with Crippen molar-refractivity contribution in [3.05, 3.63) is 30.2 Å². The van der Waals surface area contributed by atoms with E-state index in [-0.39, 0.29) is 18.2 Å². The summed E-state index contributed by atoms with van der Waals surface area (Å²) in [5.74, 6) is -0.0479. The van der Waals surface area contributed by atoms with Gasteiger partial charge >= 0.3 is 0 Å². The largest absolute Gasteiger partial charge is 0.443 e. The smallest absolute Gasteiger partial charge is 0.254 e. The third-order valence-electron chi connectivity index (χ3n) is 3.52. The number of fused-ring (bicyclic) bond motifs is 1. The number of hydrogen-bond donors (Lipinski definition) is 0. The maximum Gasteiger partial charge on any atom is 0.254 e. The zero-order valence-corrected chi connectivity index (χ0v) is 10.8. The SMILES string of the molecule is CC1(C)CC(=O)CN1C(=O)c1ccc2ncoc2c1. The number of hydrogen-bond acceptors (Lipinski definition) is 4. The molecule has 0 bridgehead atoms. The third-order valence-corrected chi connectivity index (χ3v) is 3.52. The van der Waals surface area contributed by atoms with Crippen molar-refractivity contribution in [2.75, 3.05) is 6.54 Å². The summed E-state index contributed by atoms with van der Waals surface area (Å²) in [6, 6.07) is 5.13. The molecule has 1 aliphatic rings. The van der Waals surface area contributed by atoms with Crippen molar-refractivity contribution in [2.45, 2.75) is 25.8 Å². The molecule has 0 spiro atoms. The Labute approximate surface area is 110 Å². The molecule has 3 rings (SSSR count). The quantitative estimate of drug-likeness (QED) is 0.785. The topological polar surface area (TPSA) is 63.4 Å². The Bertz CT molecular complexity index is 672. The van der Waals surface area contributed by atoms with E-state index in [0.29, 0.717) is 23.1 Å². The van der Waals surface area contributed by atoms with E-state index in [1.165, 1.54) is 6.39 Å². The van der Waals surface area contributed by atoms with Crippen LogP contribution in [0.1, 0.15) is 30.6 Å². The molecule has 98 valence electrons. The molecule has 0 N–H and O–H groups in total. The lowest BCUT2D eigenvalue weighted by molar-refractivity contribution is -0.116. The molecule has 0 radical (unpaired) electrons.